The minimum atomic E-state index is -0.0233. The number of amides is 2. The summed E-state index contributed by atoms with van der Waals surface area (Å²) in [6.07, 6.45) is 0.994. The van der Waals surface area contributed by atoms with Gasteiger partial charge in [-0.3, -0.25) is 0 Å². The van der Waals surface area contributed by atoms with Crippen molar-refractivity contribution in [3.63, 3.8) is 0 Å². The Morgan fingerprint density at radius 1 is 1.13 bits per heavy atom. The highest BCUT2D eigenvalue weighted by atomic mass is 16.5. The van der Waals surface area contributed by atoms with Crippen LogP contribution in [-0.4, -0.2) is 31.1 Å². The summed E-state index contributed by atoms with van der Waals surface area (Å²) in [7, 11) is 1.67. The van der Waals surface area contributed by atoms with Crippen LogP contribution in [0.2, 0.25) is 0 Å². The van der Waals surface area contributed by atoms with Crippen LogP contribution in [0.1, 0.15) is 23.5 Å². The number of ether oxygens (including phenoxy) is 1. The maximum atomic E-state index is 12.4. The molecule has 0 saturated carbocycles. The van der Waals surface area contributed by atoms with E-state index in [2.05, 4.69) is 17.4 Å². The van der Waals surface area contributed by atoms with Crippen LogP contribution in [-0.2, 0) is 0 Å². The van der Waals surface area contributed by atoms with E-state index in [-0.39, 0.29) is 6.03 Å². The molecule has 0 bridgehead atoms. The molecule has 1 fully saturated rings. The molecule has 2 amide bonds. The van der Waals surface area contributed by atoms with Gasteiger partial charge in [-0.15, -0.1) is 0 Å². The first kappa shape index (κ1) is 15.4. The number of methoxy groups -OCH3 is 1. The quantitative estimate of drug-likeness (QED) is 0.930. The molecule has 23 heavy (non-hydrogen) atoms. The van der Waals surface area contributed by atoms with Gasteiger partial charge >= 0.3 is 6.03 Å². The molecule has 0 spiro atoms. The van der Waals surface area contributed by atoms with E-state index in [0.717, 1.165) is 30.9 Å². The van der Waals surface area contributed by atoms with Gasteiger partial charge < -0.3 is 15.0 Å². The van der Waals surface area contributed by atoms with E-state index in [0.29, 0.717) is 5.92 Å². The summed E-state index contributed by atoms with van der Waals surface area (Å²) < 4.78 is 5.19. The third kappa shape index (κ3) is 3.65. The number of likely N-dealkylation sites (tertiary alicyclic amines) is 1. The minimum absolute atomic E-state index is 0.0233. The second-order valence-corrected chi connectivity index (χ2v) is 6.00. The third-order valence-electron chi connectivity index (χ3n) is 4.37. The van der Waals surface area contributed by atoms with Crippen LogP contribution in [0.15, 0.2) is 48.5 Å². The molecule has 2 aromatic rings. The summed E-state index contributed by atoms with van der Waals surface area (Å²) in [4.78, 5) is 14.3. The van der Waals surface area contributed by atoms with E-state index in [9.17, 15) is 4.79 Å². The predicted octanol–water partition coefficient (Wildman–Crippen LogP) is 4.03. The summed E-state index contributed by atoms with van der Waals surface area (Å²) in [5, 5.41) is 2.97. The Labute approximate surface area is 137 Å². The molecule has 4 nitrogen and oxygen atoms in total. The molecule has 0 aromatic heterocycles. The molecular formula is C19H22N2O2. The van der Waals surface area contributed by atoms with E-state index in [1.165, 1.54) is 11.1 Å². The van der Waals surface area contributed by atoms with Crippen molar-refractivity contribution in [1.29, 1.82) is 0 Å². The highest BCUT2D eigenvalue weighted by Crippen LogP contribution is 2.28. The van der Waals surface area contributed by atoms with Crippen molar-refractivity contribution in [2.45, 2.75) is 19.3 Å². The molecular weight excluding hydrogens is 288 g/mol. The number of nitrogens with zero attached hydrogens (tertiary/aromatic N) is 1. The molecule has 1 N–H and O–H groups in total. The van der Waals surface area contributed by atoms with E-state index >= 15 is 0 Å². The average molecular weight is 310 g/mol. The average Bonchev–Trinajstić information content (AvgIpc) is 3.07. The first-order valence-electron chi connectivity index (χ1n) is 7.92. The van der Waals surface area contributed by atoms with Gasteiger partial charge in [-0.2, -0.15) is 0 Å². The van der Waals surface area contributed by atoms with Crippen LogP contribution >= 0.6 is 0 Å². The predicted molar refractivity (Wildman–Crippen MR) is 92.1 cm³/mol. The Morgan fingerprint density at radius 2 is 1.83 bits per heavy atom. The first-order valence-corrected chi connectivity index (χ1v) is 7.92. The normalized spacial score (nSPS) is 17.1. The molecule has 120 valence electrons. The number of carbonyl (C=O) groups excluding carboxylic acids is 1. The lowest BCUT2D eigenvalue weighted by atomic mass is 9.98. The molecule has 1 aliphatic heterocycles. The standard InChI is InChI=1S/C19H22N2O2/c1-14-3-7-17(8-4-14)20-19(22)21-12-11-16(13-21)15-5-9-18(23-2)10-6-15/h3-10,16H,11-13H2,1-2H3,(H,20,22). The fraction of sp³-hybridized carbons (Fsp3) is 0.316. The van der Waals surface area contributed by atoms with E-state index < -0.39 is 0 Å². The third-order valence-corrected chi connectivity index (χ3v) is 4.37. The summed E-state index contributed by atoms with van der Waals surface area (Å²) in [5.74, 6) is 1.25. The summed E-state index contributed by atoms with van der Waals surface area (Å²) in [6.45, 7) is 3.57. The molecule has 1 atom stereocenters. The number of aryl methyl sites for hydroxylation is 1. The van der Waals surface area contributed by atoms with Gasteiger partial charge in [0.25, 0.3) is 0 Å². The van der Waals surface area contributed by atoms with Crippen molar-refractivity contribution >= 4 is 11.7 Å². The van der Waals surface area contributed by atoms with Crippen LogP contribution in [0.3, 0.4) is 0 Å². The number of benzene rings is 2. The van der Waals surface area contributed by atoms with Gasteiger partial charge in [0.15, 0.2) is 0 Å². The lowest BCUT2D eigenvalue weighted by Crippen LogP contribution is -2.32. The Hall–Kier alpha value is -2.49. The molecule has 1 heterocycles. The molecule has 4 heteroatoms. The van der Waals surface area contributed by atoms with Gasteiger partial charge in [-0.05, 0) is 43.2 Å². The van der Waals surface area contributed by atoms with E-state index in [1.807, 2.05) is 48.2 Å². The van der Waals surface area contributed by atoms with Gasteiger partial charge in [0.1, 0.15) is 5.75 Å². The number of hydrogen-bond acceptors (Lipinski definition) is 2. The maximum absolute atomic E-state index is 12.4. The Morgan fingerprint density at radius 3 is 2.48 bits per heavy atom. The molecule has 2 aromatic carbocycles. The molecule has 1 unspecified atom stereocenters. The van der Waals surface area contributed by atoms with Crippen molar-refractivity contribution in [3.05, 3.63) is 59.7 Å². The van der Waals surface area contributed by atoms with Gasteiger partial charge in [-0.1, -0.05) is 29.8 Å². The van der Waals surface area contributed by atoms with Crippen molar-refractivity contribution in [2.24, 2.45) is 0 Å². The molecule has 0 aliphatic carbocycles. The topological polar surface area (TPSA) is 41.6 Å². The number of carbonyl (C=O) groups is 1. The van der Waals surface area contributed by atoms with E-state index in [1.54, 1.807) is 7.11 Å². The fourth-order valence-electron chi connectivity index (χ4n) is 2.93. The lowest BCUT2D eigenvalue weighted by molar-refractivity contribution is 0.222. The molecule has 0 radical (unpaired) electrons. The number of urea groups is 1. The molecule has 1 saturated heterocycles. The van der Waals surface area contributed by atoms with Gasteiger partial charge in [-0.25, -0.2) is 4.79 Å². The monoisotopic (exact) mass is 310 g/mol. The van der Waals surface area contributed by atoms with Crippen molar-refractivity contribution in [1.82, 2.24) is 4.90 Å². The van der Waals surface area contributed by atoms with E-state index in [4.69, 9.17) is 4.74 Å². The SMILES string of the molecule is COc1ccc(C2CCN(C(=O)Nc3ccc(C)cc3)C2)cc1. The Bertz CT molecular complexity index is 665. The fourth-order valence-corrected chi connectivity index (χ4v) is 2.93. The Kier molecular flexibility index (Phi) is 4.51. The second kappa shape index (κ2) is 6.73. The van der Waals surface area contributed by atoms with Gasteiger partial charge in [0.2, 0.25) is 0 Å². The van der Waals surface area contributed by atoms with Gasteiger partial charge in [0, 0.05) is 24.7 Å². The van der Waals surface area contributed by atoms with Crippen molar-refractivity contribution in [2.75, 3.05) is 25.5 Å². The molecule has 1 aliphatic rings. The highest BCUT2D eigenvalue weighted by Gasteiger charge is 2.27. The van der Waals surface area contributed by atoms with Crippen molar-refractivity contribution < 1.29 is 9.53 Å². The first-order chi connectivity index (χ1) is 11.2. The summed E-state index contributed by atoms with van der Waals surface area (Å²) >= 11 is 0. The number of anilines is 1. The van der Waals surface area contributed by atoms with Crippen LogP contribution in [0.4, 0.5) is 10.5 Å². The number of nitrogens with one attached hydrogen (secondary N) is 1. The minimum Gasteiger partial charge on any atom is -0.497 e. The molecule has 3 rings (SSSR count). The smallest absolute Gasteiger partial charge is 0.321 e. The second-order valence-electron chi connectivity index (χ2n) is 6.00. The highest BCUT2D eigenvalue weighted by molar-refractivity contribution is 5.89. The van der Waals surface area contributed by atoms with Crippen LogP contribution in [0, 0.1) is 6.92 Å². The summed E-state index contributed by atoms with van der Waals surface area (Å²) in [6, 6.07) is 16.0. The van der Waals surface area contributed by atoms with Crippen LogP contribution < -0.4 is 10.1 Å². The van der Waals surface area contributed by atoms with Gasteiger partial charge in [0.05, 0.1) is 7.11 Å². The zero-order valence-electron chi connectivity index (χ0n) is 13.6. The van der Waals surface area contributed by atoms with Crippen LogP contribution in [0.5, 0.6) is 5.75 Å². The Balaban J connectivity index is 1.60. The van der Waals surface area contributed by atoms with Crippen molar-refractivity contribution in [3.8, 4) is 5.75 Å². The number of rotatable bonds is 3. The lowest BCUT2D eigenvalue weighted by Gasteiger charge is -2.18. The zero-order chi connectivity index (χ0) is 16.2. The maximum Gasteiger partial charge on any atom is 0.321 e. The number of hydrogen-bond donors (Lipinski definition) is 1. The largest absolute Gasteiger partial charge is 0.497 e. The zero-order valence-corrected chi connectivity index (χ0v) is 13.6. The summed E-state index contributed by atoms with van der Waals surface area (Å²) in [5.41, 5.74) is 3.29. The van der Waals surface area contributed by atoms with Crippen LogP contribution in [0.25, 0.3) is 0 Å².